The van der Waals surface area contributed by atoms with Gasteiger partial charge < -0.3 is 5.32 Å². The summed E-state index contributed by atoms with van der Waals surface area (Å²) in [6.07, 6.45) is 3.26. The summed E-state index contributed by atoms with van der Waals surface area (Å²) in [5, 5.41) is 2.91. The largest absolute Gasteiger partial charge is 0.348 e. The lowest BCUT2D eigenvalue weighted by atomic mass is 10.1. The molecule has 3 rings (SSSR count). The monoisotopic (exact) mass is 277 g/mol. The summed E-state index contributed by atoms with van der Waals surface area (Å²) in [5.41, 5.74) is 4.39. The van der Waals surface area contributed by atoms with Gasteiger partial charge in [-0.05, 0) is 30.7 Å². The number of benzene rings is 2. The first-order valence-corrected chi connectivity index (χ1v) is 6.77. The van der Waals surface area contributed by atoms with Crippen molar-refractivity contribution >= 4 is 16.9 Å². The molecule has 4 nitrogen and oxygen atoms in total. The molecule has 0 radical (unpaired) electrons. The molecule has 0 saturated carbocycles. The first-order chi connectivity index (χ1) is 10.2. The number of carbonyl (C=O) groups excluding carboxylic acids is 1. The minimum Gasteiger partial charge on any atom is -0.348 e. The number of amides is 1. The predicted octanol–water partition coefficient (Wildman–Crippen LogP) is 2.87. The van der Waals surface area contributed by atoms with Crippen molar-refractivity contribution in [3.63, 3.8) is 0 Å². The Morgan fingerprint density at radius 2 is 1.71 bits per heavy atom. The van der Waals surface area contributed by atoms with E-state index in [1.54, 1.807) is 24.5 Å². The third-order valence-electron chi connectivity index (χ3n) is 3.31. The van der Waals surface area contributed by atoms with Gasteiger partial charge in [-0.25, -0.2) is 0 Å². The normalized spacial score (nSPS) is 10.5. The van der Waals surface area contributed by atoms with E-state index in [-0.39, 0.29) is 5.91 Å². The summed E-state index contributed by atoms with van der Waals surface area (Å²) in [4.78, 5) is 20.6. The van der Waals surface area contributed by atoms with Gasteiger partial charge in [0.25, 0.3) is 5.91 Å². The molecule has 2 aromatic carbocycles. The Morgan fingerprint density at radius 1 is 1.00 bits per heavy atom. The van der Waals surface area contributed by atoms with Gasteiger partial charge in [-0.2, -0.15) is 0 Å². The molecule has 0 bridgehead atoms. The highest BCUT2D eigenvalue weighted by Gasteiger charge is 2.07. The average Bonchev–Trinajstić information content (AvgIpc) is 2.53. The number of hydrogen-bond acceptors (Lipinski definition) is 3. The van der Waals surface area contributed by atoms with E-state index < -0.39 is 0 Å². The third-order valence-corrected chi connectivity index (χ3v) is 3.31. The molecule has 0 spiro atoms. The number of fused-ring (bicyclic) bond motifs is 1. The summed E-state index contributed by atoms with van der Waals surface area (Å²) in [6, 6.07) is 13.4. The molecule has 4 heteroatoms. The van der Waals surface area contributed by atoms with Crippen LogP contribution in [0.3, 0.4) is 0 Å². The minimum atomic E-state index is -0.108. The maximum Gasteiger partial charge on any atom is 0.251 e. The van der Waals surface area contributed by atoms with Crippen LogP contribution in [-0.2, 0) is 6.54 Å². The third kappa shape index (κ3) is 3.05. The van der Waals surface area contributed by atoms with Crippen molar-refractivity contribution in [2.75, 3.05) is 0 Å². The van der Waals surface area contributed by atoms with E-state index >= 15 is 0 Å². The molecule has 0 aliphatic rings. The van der Waals surface area contributed by atoms with E-state index in [4.69, 9.17) is 0 Å². The summed E-state index contributed by atoms with van der Waals surface area (Å²) >= 11 is 0. The van der Waals surface area contributed by atoms with Crippen LogP contribution >= 0.6 is 0 Å². The fraction of sp³-hybridized carbons (Fsp3) is 0.118. The van der Waals surface area contributed by atoms with E-state index in [2.05, 4.69) is 15.3 Å². The lowest BCUT2D eigenvalue weighted by Gasteiger charge is -2.06. The number of aromatic nitrogens is 2. The van der Waals surface area contributed by atoms with Crippen molar-refractivity contribution < 1.29 is 4.79 Å². The van der Waals surface area contributed by atoms with Crippen LogP contribution in [0.15, 0.2) is 54.9 Å². The Bertz CT molecular complexity index is 781. The molecule has 1 aromatic heterocycles. The van der Waals surface area contributed by atoms with E-state index in [1.165, 1.54) is 5.56 Å². The second-order valence-electron chi connectivity index (χ2n) is 4.93. The molecule has 21 heavy (non-hydrogen) atoms. The quantitative estimate of drug-likeness (QED) is 0.801. The van der Waals surface area contributed by atoms with Crippen molar-refractivity contribution in [3.05, 3.63) is 71.5 Å². The van der Waals surface area contributed by atoms with Gasteiger partial charge in [0.05, 0.1) is 11.0 Å². The molecule has 0 atom stereocenters. The molecule has 0 aliphatic carbocycles. The zero-order valence-electron chi connectivity index (χ0n) is 11.7. The van der Waals surface area contributed by atoms with Crippen molar-refractivity contribution in [2.24, 2.45) is 0 Å². The van der Waals surface area contributed by atoms with E-state index in [1.807, 2.05) is 37.3 Å². The average molecular weight is 277 g/mol. The predicted molar refractivity (Wildman–Crippen MR) is 81.9 cm³/mol. The second kappa shape index (κ2) is 5.71. The van der Waals surface area contributed by atoms with Crippen LogP contribution in [0.1, 0.15) is 21.5 Å². The molecule has 104 valence electrons. The van der Waals surface area contributed by atoms with Gasteiger partial charge in [0.15, 0.2) is 0 Å². The molecule has 1 amide bonds. The Labute approximate surface area is 122 Å². The summed E-state index contributed by atoms with van der Waals surface area (Å²) < 4.78 is 0. The molecule has 1 N–H and O–H groups in total. The van der Waals surface area contributed by atoms with Crippen molar-refractivity contribution in [2.45, 2.75) is 13.5 Å². The summed E-state index contributed by atoms with van der Waals surface area (Å²) in [6.45, 7) is 2.55. The Hall–Kier alpha value is -2.75. The number of hydrogen-bond donors (Lipinski definition) is 1. The van der Waals surface area contributed by atoms with Crippen LogP contribution in [0.4, 0.5) is 0 Å². The molecule has 0 unspecified atom stereocenters. The maximum atomic E-state index is 12.2. The SMILES string of the molecule is Cc1ccc(CNC(=O)c2ccc3nccnc3c2)cc1. The first-order valence-electron chi connectivity index (χ1n) is 6.77. The van der Waals surface area contributed by atoms with Crippen LogP contribution in [0.5, 0.6) is 0 Å². The highest BCUT2D eigenvalue weighted by Crippen LogP contribution is 2.11. The minimum absolute atomic E-state index is 0.108. The molecule has 1 heterocycles. The van der Waals surface area contributed by atoms with E-state index in [0.29, 0.717) is 12.1 Å². The zero-order valence-corrected chi connectivity index (χ0v) is 11.7. The standard InChI is InChI=1S/C17H15N3O/c1-12-2-4-13(5-3-12)11-20-17(21)14-6-7-15-16(10-14)19-9-8-18-15/h2-10H,11H2,1H3,(H,20,21). The number of nitrogens with zero attached hydrogens (tertiary/aromatic N) is 2. The fourth-order valence-corrected chi connectivity index (χ4v) is 2.09. The van der Waals surface area contributed by atoms with Gasteiger partial charge in [-0.3, -0.25) is 14.8 Å². The Balaban J connectivity index is 1.73. The van der Waals surface area contributed by atoms with Gasteiger partial charge in [0.1, 0.15) is 0 Å². The summed E-state index contributed by atoms with van der Waals surface area (Å²) in [5.74, 6) is -0.108. The maximum absolute atomic E-state index is 12.2. The molecular formula is C17H15N3O. The second-order valence-corrected chi connectivity index (χ2v) is 4.93. The molecule has 0 aliphatic heterocycles. The highest BCUT2D eigenvalue weighted by atomic mass is 16.1. The molecule has 0 saturated heterocycles. The number of rotatable bonds is 3. The van der Waals surface area contributed by atoms with Gasteiger partial charge in [0, 0.05) is 24.5 Å². The lowest BCUT2D eigenvalue weighted by molar-refractivity contribution is 0.0951. The molecule has 0 fully saturated rings. The smallest absolute Gasteiger partial charge is 0.251 e. The number of carbonyl (C=O) groups is 1. The van der Waals surface area contributed by atoms with Gasteiger partial charge in [0.2, 0.25) is 0 Å². The first kappa shape index (κ1) is 13.2. The zero-order chi connectivity index (χ0) is 14.7. The fourth-order valence-electron chi connectivity index (χ4n) is 2.09. The van der Waals surface area contributed by atoms with E-state index in [9.17, 15) is 4.79 Å². The topological polar surface area (TPSA) is 54.9 Å². The Kier molecular flexibility index (Phi) is 3.60. The number of nitrogens with one attached hydrogen (secondary N) is 1. The summed E-state index contributed by atoms with van der Waals surface area (Å²) in [7, 11) is 0. The van der Waals surface area contributed by atoms with Crippen LogP contribution in [0.25, 0.3) is 11.0 Å². The van der Waals surface area contributed by atoms with E-state index in [0.717, 1.165) is 16.6 Å². The van der Waals surface area contributed by atoms with Crippen molar-refractivity contribution in [3.8, 4) is 0 Å². The Morgan fingerprint density at radius 3 is 2.48 bits per heavy atom. The number of aryl methyl sites for hydroxylation is 1. The highest BCUT2D eigenvalue weighted by molar-refractivity contribution is 5.97. The van der Waals surface area contributed by atoms with Gasteiger partial charge in [-0.1, -0.05) is 29.8 Å². The van der Waals surface area contributed by atoms with Gasteiger partial charge in [-0.15, -0.1) is 0 Å². The van der Waals surface area contributed by atoms with Gasteiger partial charge >= 0.3 is 0 Å². The van der Waals surface area contributed by atoms with Crippen LogP contribution in [0, 0.1) is 6.92 Å². The van der Waals surface area contributed by atoms with Crippen molar-refractivity contribution in [1.29, 1.82) is 0 Å². The molecule has 3 aromatic rings. The van der Waals surface area contributed by atoms with Crippen LogP contribution in [-0.4, -0.2) is 15.9 Å². The molecular weight excluding hydrogens is 262 g/mol. The van der Waals surface area contributed by atoms with Crippen LogP contribution in [0.2, 0.25) is 0 Å². The lowest BCUT2D eigenvalue weighted by Crippen LogP contribution is -2.22. The van der Waals surface area contributed by atoms with Crippen LogP contribution < -0.4 is 5.32 Å². The van der Waals surface area contributed by atoms with Crippen molar-refractivity contribution in [1.82, 2.24) is 15.3 Å².